The van der Waals surface area contributed by atoms with Crippen LogP contribution in [-0.4, -0.2) is 22.1 Å². The van der Waals surface area contributed by atoms with Crippen LogP contribution in [0.25, 0.3) is 0 Å². The number of benzene rings is 1. The molecule has 2 aromatic rings. The van der Waals surface area contributed by atoms with E-state index in [9.17, 15) is 9.59 Å². The number of aliphatic carboxylic acids is 1. The molecule has 1 amide bonds. The van der Waals surface area contributed by atoms with Gasteiger partial charge in [-0.25, -0.2) is 0 Å². The van der Waals surface area contributed by atoms with Crippen LogP contribution in [0.2, 0.25) is 0 Å². The molecule has 0 aliphatic rings. The number of hydrogen-bond acceptors (Lipinski definition) is 4. The van der Waals surface area contributed by atoms with Gasteiger partial charge in [0, 0.05) is 11.5 Å². The number of nitrogens with zero attached hydrogens (tertiary/aromatic N) is 1. The molecule has 1 aromatic carbocycles. The third kappa shape index (κ3) is 4.42. The minimum Gasteiger partial charge on any atom is -0.481 e. The Morgan fingerprint density at radius 3 is 2.43 bits per heavy atom. The zero-order valence-corrected chi connectivity index (χ0v) is 13.4. The highest BCUT2D eigenvalue weighted by molar-refractivity contribution is 5.92. The molecule has 23 heavy (non-hydrogen) atoms. The largest absolute Gasteiger partial charge is 0.481 e. The lowest BCUT2D eigenvalue weighted by atomic mass is 9.93. The van der Waals surface area contributed by atoms with Crippen LogP contribution in [0.3, 0.4) is 0 Å². The van der Waals surface area contributed by atoms with Crippen molar-refractivity contribution in [3.05, 3.63) is 53.4 Å². The van der Waals surface area contributed by atoms with Crippen LogP contribution in [0.1, 0.15) is 55.0 Å². The van der Waals surface area contributed by atoms with Gasteiger partial charge in [-0.2, -0.15) is 0 Å². The Bertz CT molecular complexity index is 686. The molecule has 0 spiro atoms. The number of hydrogen-bond donors (Lipinski definition) is 2. The molecule has 0 bridgehead atoms. The molecule has 0 aliphatic carbocycles. The van der Waals surface area contributed by atoms with E-state index in [1.54, 1.807) is 30.3 Å². The van der Waals surface area contributed by atoms with Crippen molar-refractivity contribution in [3.8, 4) is 0 Å². The van der Waals surface area contributed by atoms with E-state index in [4.69, 9.17) is 9.63 Å². The van der Waals surface area contributed by atoms with Crippen molar-refractivity contribution < 1.29 is 19.2 Å². The fraction of sp³-hybridized carbons (Fsp3) is 0.353. The first-order valence-electron chi connectivity index (χ1n) is 7.32. The lowest BCUT2D eigenvalue weighted by Gasteiger charge is -2.16. The predicted molar refractivity (Wildman–Crippen MR) is 84.1 cm³/mol. The molecule has 6 nitrogen and oxygen atoms in total. The Labute approximate surface area is 134 Å². The highest BCUT2D eigenvalue weighted by atomic mass is 16.5. The molecule has 122 valence electrons. The van der Waals surface area contributed by atoms with Gasteiger partial charge in [0.2, 0.25) is 0 Å². The van der Waals surface area contributed by atoms with E-state index in [-0.39, 0.29) is 17.5 Å². The van der Waals surface area contributed by atoms with Gasteiger partial charge >= 0.3 is 5.97 Å². The monoisotopic (exact) mass is 316 g/mol. The van der Waals surface area contributed by atoms with Crippen LogP contribution >= 0.6 is 0 Å². The molecule has 6 heteroatoms. The summed E-state index contributed by atoms with van der Waals surface area (Å²) in [5.74, 6) is -0.855. The van der Waals surface area contributed by atoms with E-state index >= 15 is 0 Å². The fourth-order valence-corrected chi connectivity index (χ4v) is 2.08. The predicted octanol–water partition coefficient (Wildman–Crippen LogP) is 2.92. The Kier molecular flexibility index (Phi) is 4.83. The van der Waals surface area contributed by atoms with Gasteiger partial charge < -0.3 is 14.9 Å². The van der Waals surface area contributed by atoms with Gasteiger partial charge in [0.25, 0.3) is 5.91 Å². The fourth-order valence-electron chi connectivity index (χ4n) is 2.08. The summed E-state index contributed by atoms with van der Waals surface area (Å²) >= 11 is 0. The number of amides is 1. The molecule has 0 radical (unpaired) electrons. The van der Waals surface area contributed by atoms with Crippen molar-refractivity contribution >= 4 is 11.9 Å². The Balaban J connectivity index is 2.17. The third-order valence-corrected chi connectivity index (χ3v) is 3.37. The summed E-state index contributed by atoms with van der Waals surface area (Å²) in [7, 11) is 0. The number of carbonyl (C=O) groups excluding carboxylic acids is 1. The van der Waals surface area contributed by atoms with Crippen LogP contribution in [0, 0.1) is 0 Å². The molecular formula is C17H20N2O4. The van der Waals surface area contributed by atoms with E-state index in [0.29, 0.717) is 5.76 Å². The molecule has 0 saturated carbocycles. The molecule has 1 unspecified atom stereocenters. The van der Waals surface area contributed by atoms with Gasteiger partial charge in [0.1, 0.15) is 5.76 Å². The van der Waals surface area contributed by atoms with Crippen LogP contribution in [0.5, 0.6) is 0 Å². The van der Waals surface area contributed by atoms with Crippen molar-refractivity contribution in [2.75, 3.05) is 0 Å². The molecule has 1 heterocycles. The normalized spacial score (nSPS) is 12.7. The lowest BCUT2D eigenvalue weighted by molar-refractivity contribution is -0.137. The summed E-state index contributed by atoms with van der Waals surface area (Å²) in [5, 5.41) is 15.5. The van der Waals surface area contributed by atoms with Gasteiger partial charge in [-0.05, 0) is 5.56 Å². The van der Waals surface area contributed by atoms with Crippen molar-refractivity contribution in [1.82, 2.24) is 10.5 Å². The number of aromatic nitrogens is 1. The summed E-state index contributed by atoms with van der Waals surface area (Å²) in [6, 6.07) is 9.92. The zero-order valence-electron chi connectivity index (χ0n) is 13.4. The standard InChI is InChI=1S/C17H20N2O4/c1-17(2,3)14-9-13(19-23-14)16(22)18-12(10-15(20)21)11-7-5-4-6-8-11/h4-9,12H,10H2,1-3H3,(H,18,22)(H,20,21). The van der Waals surface area contributed by atoms with E-state index in [2.05, 4.69) is 10.5 Å². The topological polar surface area (TPSA) is 92.4 Å². The maximum atomic E-state index is 12.3. The lowest BCUT2D eigenvalue weighted by Crippen LogP contribution is -2.30. The number of carboxylic acids is 1. The minimum absolute atomic E-state index is 0.140. The van der Waals surface area contributed by atoms with Gasteiger partial charge in [0.15, 0.2) is 5.69 Å². The highest BCUT2D eigenvalue weighted by Gasteiger charge is 2.24. The first-order valence-corrected chi connectivity index (χ1v) is 7.32. The second-order valence-electron chi connectivity index (χ2n) is 6.36. The van der Waals surface area contributed by atoms with E-state index in [0.717, 1.165) is 5.56 Å². The molecule has 0 saturated heterocycles. The maximum absolute atomic E-state index is 12.3. The van der Waals surface area contributed by atoms with Crippen molar-refractivity contribution in [1.29, 1.82) is 0 Å². The van der Waals surface area contributed by atoms with Gasteiger partial charge in [-0.15, -0.1) is 0 Å². The maximum Gasteiger partial charge on any atom is 0.305 e. The van der Waals surface area contributed by atoms with Crippen molar-refractivity contribution in [2.45, 2.75) is 38.6 Å². The van der Waals surface area contributed by atoms with E-state index < -0.39 is 17.9 Å². The van der Waals surface area contributed by atoms with Crippen LogP contribution < -0.4 is 5.32 Å². The van der Waals surface area contributed by atoms with Crippen LogP contribution in [-0.2, 0) is 10.2 Å². The number of nitrogens with one attached hydrogen (secondary N) is 1. The SMILES string of the molecule is CC(C)(C)c1cc(C(=O)NC(CC(=O)O)c2ccccc2)no1. The molecule has 2 rings (SSSR count). The van der Waals surface area contributed by atoms with Gasteiger partial charge in [-0.3, -0.25) is 9.59 Å². The van der Waals surface area contributed by atoms with E-state index in [1.807, 2.05) is 26.8 Å². The van der Waals surface area contributed by atoms with Crippen molar-refractivity contribution in [2.24, 2.45) is 0 Å². The number of carbonyl (C=O) groups is 2. The summed E-state index contributed by atoms with van der Waals surface area (Å²) in [6.07, 6.45) is -0.209. The van der Waals surface area contributed by atoms with Crippen LogP contribution in [0.15, 0.2) is 40.9 Å². The average Bonchev–Trinajstić information content (AvgIpc) is 2.97. The first kappa shape index (κ1) is 16.7. The summed E-state index contributed by atoms with van der Waals surface area (Å²) < 4.78 is 5.19. The molecule has 0 fully saturated rings. The Hall–Kier alpha value is -2.63. The van der Waals surface area contributed by atoms with Gasteiger partial charge in [0.05, 0.1) is 12.5 Å². The summed E-state index contributed by atoms with van der Waals surface area (Å²) in [6.45, 7) is 5.85. The quantitative estimate of drug-likeness (QED) is 0.884. The highest BCUT2D eigenvalue weighted by Crippen LogP contribution is 2.23. The summed E-state index contributed by atoms with van der Waals surface area (Å²) in [4.78, 5) is 23.4. The number of rotatable bonds is 5. The van der Waals surface area contributed by atoms with Crippen LogP contribution in [0.4, 0.5) is 0 Å². The second kappa shape index (κ2) is 6.64. The first-order chi connectivity index (χ1) is 10.8. The summed E-state index contributed by atoms with van der Waals surface area (Å²) in [5.41, 5.74) is 0.606. The Morgan fingerprint density at radius 2 is 1.91 bits per heavy atom. The molecular weight excluding hydrogens is 296 g/mol. The smallest absolute Gasteiger partial charge is 0.305 e. The minimum atomic E-state index is -0.991. The molecule has 1 atom stereocenters. The average molecular weight is 316 g/mol. The molecule has 2 N–H and O–H groups in total. The molecule has 1 aromatic heterocycles. The number of carboxylic acid groups (broad SMARTS) is 1. The van der Waals surface area contributed by atoms with Gasteiger partial charge in [-0.1, -0.05) is 56.3 Å². The third-order valence-electron chi connectivity index (χ3n) is 3.37. The molecule has 0 aliphatic heterocycles. The zero-order chi connectivity index (χ0) is 17.0. The van der Waals surface area contributed by atoms with Crippen molar-refractivity contribution in [3.63, 3.8) is 0 Å². The van der Waals surface area contributed by atoms with E-state index in [1.165, 1.54) is 0 Å². The Morgan fingerprint density at radius 1 is 1.26 bits per heavy atom. The second-order valence-corrected chi connectivity index (χ2v) is 6.36.